The Balaban J connectivity index is 1.38. The summed E-state index contributed by atoms with van der Waals surface area (Å²) in [6.07, 6.45) is 25.1. The first-order valence-corrected chi connectivity index (χ1v) is 13.3. The molecule has 0 aromatic carbocycles. The van der Waals surface area contributed by atoms with E-state index in [1.165, 1.54) is 96.3 Å². The van der Waals surface area contributed by atoms with Crippen molar-refractivity contribution in [2.75, 3.05) is 6.54 Å². The first-order chi connectivity index (χ1) is 15.2. The monoisotopic (exact) mass is 492 g/mol. The number of rotatable bonds is 18. The summed E-state index contributed by atoms with van der Waals surface area (Å²) in [5, 5.41) is 7.28. The molecule has 0 unspecified atom stereocenters. The summed E-state index contributed by atoms with van der Waals surface area (Å²) in [6, 6.07) is 1.80. The van der Waals surface area contributed by atoms with E-state index >= 15 is 0 Å². The highest BCUT2D eigenvalue weighted by Gasteiger charge is 2.17. The standard InChI is InChI=1S/C25H41BrN4O/c1-2-3-4-5-6-7-8-9-10-11-12-13-14-15-16-17-19-28-25(31)23-22(26)24-27-20-18-21-30(24)29-23/h18,20-21H,2-17,19H2,1H3,(H,28,31). The first kappa shape index (κ1) is 25.8. The number of nitrogens with one attached hydrogen (secondary N) is 1. The average Bonchev–Trinajstić information content (AvgIpc) is 3.12. The molecule has 0 spiro atoms. The van der Waals surface area contributed by atoms with Crippen molar-refractivity contribution in [3.05, 3.63) is 28.6 Å². The molecule has 5 nitrogen and oxygen atoms in total. The SMILES string of the molecule is CCCCCCCCCCCCCCCCCCNC(=O)c1nn2cccnc2c1Br. The third-order valence-electron chi connectivity index (χ3n) is 5.87. The second-order valence-corrected chi connectivity index (χ2v) is 9.40. The molecule has 0 bridgehead atoms. The highest BCUT2D eigenvalue weighted by Crippen LogP contribution is 2.20. The minimum Gasteiger partial charge on any atom is -0.351 e. The summed E-state index contributed by atoms with van der Waals surface area (Å²) in [6.45, 7) is 2.98. The van der Waals surface area contributed by atoms with Gasteiger partial charge in [-0.15, -0.1) is 0 Å². The highest BCUT2D eigenvalue weighted by atomic mass is 79.9. The summed E-state index contributed by atoms with van der Waals surface area (Å²) in [5.41, 5.74) is 1.06. The molecule has 0 radical (unpaired) electrons. The van der Waals surface area contributed by atoms with Gasteiger partial charge in [-0.25, -0.2) is 9.50 Å². The Kier molecular flexibility index (Phi) is 13.5. The predicted octanol–water partition coefficient (Wildman–Crippen LogP) is 7.48. The van der Waals surface area contributed by atoms with Crippen LogP contribution in [0.15, 0.2) is 22.9 Å². The topological polar surface area (TPSA) is 59.3 Å². The maximum Gasteiger partial charge on any atom is 0.273 e. The molecule has 2 aromatic heterocycles. The molecule has 0 saturated carbocycles. The van der Waals surface area contributed by atoms with Gasteiger partial charge in [-0.1, -0.05) is 103 Å². The van der Waals surface area contributed by atoms with Crippen molar-refractivity contribution in [2.45, 2.75) is 110 Å². The number of hydrogen-bond donors (Lipinski definition) is 1. The predicted molar refractivity (Wildman–Crippen MR) is 133 cm³/mol. The van der Waals surface area contributed by atoms with Gasteiger partial charge < -0.3 is 5.32 Å². The summed E-state index contributed by atoms with van der Waals surface area (Å²) in [5.74, 6) is -0.140. The molecule has 31 heavy (non-hydrogen) atoms. The molecule has 0 saturated heterocycles. The molecule has 0 atom stereocenters. The van der Waals surface area contributed by atoms with Crippen molar-refractivity contribution in [3.8, 4) is 0 Å². The number of fused-ring (bicyclic) bond motifs is 1. The Labute approximate surface area is 196 Å². The van der Waals surface area contributed by atoms with Crippen molar-refractivity contribution in [1.29, 1.82) is 0 Å². The van der Waals surface area contributed by atoms with Gasteiger partial charge in [0.2, 0.25) is 0 Å². The van der Waals surface area contributed by atoms with Crippen LogP contribution in [0.1, 0.15) is 120 Å². The zero-order valence-electron chi connectivity index (χ0n) is 19.4. The summed E-state index contributed by atoms with van der Waals surface area (Å²) >= 11 is 3.44. The van der Waals surface area contributed by atoms with E-state index < -0.39 is 0 Å². The fourth-order valence-electron chi connectivity index (χ4n) is 3.96. The number of aromatic nitrogens is 3. The van der Waals surface area contributed by atoms with Gasteiger partial charge in [0, 0.05) is 18.9 Å². The lowest BCUT2D eigenvalue weighted by atomic mass is 10.0. The Morgan fingerprint density at radius 1 is 0.871 bits per heavy atom. The molecule has 2 rings (SSSR count). The quantitative estimate of drug-likeness (QED) is 0.219. The normalized spacial score (nSPS) is 11.3. The van der Waals surface area contributed by atoms with E-state index in [9.17, 15) is 4.79 Å². The zero-order chi connectivity index (χ0) is 22.2. The molecule has 1 N–H and O–H groups in total. The van der Waals surface area contributed by atoms with Crippen LogP contribution in [-0.2, 0) is 0 Å². The molecule has 0 fully saturated rings. The van der Waals surface area contributed by atoms with Crippen molar-refractivity contribution in [3.63, 3.8) is 0 Å². The van der Waals surface area contributed by atoms with E-state index in [1.54, 1.807) is 23.0 Å². The average molecular weight is 494 g/mol. The lowest BCUT2D eigenvalue weighted by Crippen LogP contribution is -2.25. The maximum absolute atomic E-state index is 12.4. The van der Waals surface area contributed by atoms with Gasteiger partial charge in [0.15, 0.2) is 11.3 Å². The van der Waals surface area contributed by atoms with Crippen molar-refractivity contribution in [1.82, 2.24) is 19.9 Å². The number of halogens is 1. The van der Waals surface area contributed by atoms with E-state index in [-0.39, 0.29) is 5.91 Å². The molecule has 6 heteroatoms. The lowest BCUT2D eigenvalue weighted by Gasteiger charge is -2.05. The number of amides is 1. The van der Waals surface area contributed by atoms with Gasteiger partial charge in [-0.05, 0) is 28.4 Å². The van der Waals surface area contributed by atoms with Crippen molar-refractivity contribution in [2.24, 2.45) is 0 Å². The minimum atomic E-state index is -0.140. The smallest absolute Gasteiger partial charge is 0.273 e. The van der Waals surface area contributed by atoms with Crippen LogP contribution in [0, 0.1) is 0 Å². The number of unbranched alkanes of at least 4 members (excludes halogenated alkanes) is 15. The minimum absolute atomic E-state index is 0.140. The molecule has 2 heterocycles. The summed E-state index contributed by atoms with van der Waals surface area (Å²) in [4.78, 5) is 16.6. The van der Waals surface area contributed by atoms with E-state index in [1.807, 2.05) is 0 Å². The summed E-state index contributed by atoms with van der Waals surface area (Å²) < 4.78 is 2.27. The molecular weight excluding hydrogens is 452 g/mol. The van der Waals surface area contributed by atoms with Gasteiger partial charge in [0.25, 0.3) is 5.91 Å². The van der Waals surface area contributed by atoms with Crippen LogP contribution in [0.25, 0.3) is 5.65 Å². The number of carbonyl (C=O) groups is 1. The lowest BCUT2D eigenvalue weighted by molar-refractivity contribution is 0.0947. The first-order valence-electron chi connectivity index (χ1n) is 12.5. The van der Waals surface area contributed by atoms with Gasteiger partial charge in [-0.2, -0.15) is 5.10 Å². The van der Waals surface area contributed by atoms with Crippen LogP contribution >= 0.6 is 15.9 Å². The van der Waals surface area contributed by atoms with Gasteiger partial charge >= 0.3 is 0 Å². The van der Waals surface area contributed by atoms with E-state index in [2.05, 4.69) is 38.3 Å². The Bertz CT molecular complexity index is 746. The van der Waals surface area contributed by atoms with Gasteiger partial charge in [-0.3, -0.25) is 4.79 Å². The Morgan fingerprint density at radius 2 is 1.39 bits per heavy atom. The van der Waals surface area contributed by atoms with Crippen molar-refractivity contribution >= 4 is 27.5 Å². The number of carbonyl (C=O) groups excluding carboxylic acids is 1. The zero-order valence-corrected chi connectivity index (χ0v) is 21.0. The van der Waals surface area contributed by atoms with Gasteiger partial charge in [0.1, 0.15) is 0 Å². The Morgan fingerprint density at radius 3 is 1.90 bits per heavy atom. The third kappa shape index (κ3) is 10.2. The number of nitrogens with zero attached hydrogens (tertiary/aromatic N) is 3. The van der Waals surface area contributed by atoms with E-state index in [4.69, 9.17) is 0 Å². The van der Waals surface area contributed by atoms with Crippen LogP contribution < -0.4 is 5.32 Å². The summed E-state index contributed by atoms with van der Waals surface area (Å²) in [7, 11) is 0. The van der Waals surface area contributed by atoms with E-state index in [0.717, 1.165) is 6.42 Å². The third-order valence-corrected chi connectivity index (χ3v) is 6.60. The maximum atomic E-state index is 12.4. The fourth-order valence-corrected chi connectivity index (χ4v) is 4.51. The molecule has 174 valence electrons. The molecule has 1 amide bonds. The van der Waals surface area contributed by atoms with Crippen LogP contribution in [-0.4, -0.2) is 27.0 Å². The highest BCUT2D eigenvalue weighted by molar-refractivity contribution is 9.10. The largest absolute Gasteiger partial charge is 0.351 e. The second-order valence-electron chi connectivity index (χ2n) is 8.61. The van der Waals surface area contributed by atoms with Gasteiger partial charge in [0.05, 0.1) is 4.47 Å². The van der Waals surface area contributed by atoms with Crippen LogP contribution in [0.4, 0.5) is 0 Å². The van der Waals surface area contributed by atoms with E-state index in [0.29, 0.717) is 22.4 Å². The molecule has 0 aliphatic heterocycles. The molecular formula is C25H41BrN4O. The van der Waals surface area contributed by atoms with Crippen molar-refractivity contribution < 1.29 is 4.79 Å². The van der Waals surface area contributed by atoms with Crippen LogP contribution in [0.5, 0.6) is 0 Å². The molecule has 2 aromatic rings. The van der Waals surface area contributed by atoms with Crippen LogP contribution in [0.3, 0.4) is 0 Å². The Hall–Kier alpha value is -1.43. The molecule has 0 aliphatic rings. The second kappa shape index (κ2) is 16.2. The fraction of sp³-hybridized carbons (Fsp3) is 0.720. The van der Waals surface area contributed by atoms with Crippen LogP contribution in [0.2, 0.25) is 0 Å². The molecule has 0 aliphatic carbocycles. The number of hydrogen-bond acceptors (Lipinski definition) is 3.